The lowest BCUT2D eigenvalue weighted by Crippen LogP contribution is -2.34. The maximum atomic E-state index is 11.1. The fourth-order valence-electron chi connectivity index (χ4n) is 2.01. The first-order valence-corrected chi connectivity index (χ1v) is 6.75. The van der Waals surface area contributed by atoms with Gasteiger partial charge >= 0.3 is 5.69 Å². The van der Waals surface area contributed by atoms with E-state index >= 15 is 0 Å². The van der Waals surface area contributed by atoms with E-state index in [4.69, 9.17) is 11.6 Å². The zero-order valence-corrected chi connectivity index (χ0v) is 12.9. The van der Waals surface area contributed by atoms with E-state index in [9.17, 15) is 10.1 Å². The Morgan fingerprint density at radius 1 is 1.45 bits per heavy atom. The van der Waals surface area contributed by atoms with Crippen LogP contribution in [-0.4, -0.2) is 46.5 Å². The third-order valence-corrected chi connectivity index (χ3v) is 2.92. The van der Waals surface area contributed by atoms with Crippen molar-refractivity contribution in [1.82, 2.24) is 14.9 Å². The number of halogens is 1. The lowest BCUT2D eigenvalue weighted by molar-refractivity contribution is -0.384. The molecule has 0 fully saturated rings. The molecule has 0 aliphatic rings. The van der Waals surface area contributed by atoms with Crippen molar-refractivity contribution in [1.29, 1.82) is 0 Å². The molecular formula is C12H20ClN5O2. The molecule has 20 heavy (non-hydrogen) atoms. The van der Waals surface area contributed by atoms with Crippen molar-refractivity contribution >= 4 is 23.1 Å². The Labute approximate surface area is 123 Å². The molecule has 1 N–H and O–H groups in total. The topological polar surface area (TPSA) is 84.2 Å². The molecule has 0 saturated heterocycles. The summed E-state index contributed by atoms with van der Waals surface area (Å²) in [6.45, 7) is 4.95. The van der Waals surface area contributed by atoms with Crippen LogP contribution in [0.5, 0.6) is 0 Å². The van der Waals surface area contributed by atoms with Gasteiger partial charge in [-0.2, -0.15) is 0 Å². The minimum absolute atomic E-state index is 0.0506. The lowest BCUT2D eigenvalue weighted by atomic mass is 10.0. The molecule has 7 nitrogen and oxygen atoms in total. The number of rotatable bonds is 7. The molecule has 0 aliphatic carbocycles. The Bertz CT molecular complexity index is 457. The van der Waals surface area contributed by atoms with E-state index in [0.29, 0.717) is 5.92 Å². The summed E-state index contributed by atoms with van der Waals surface area (Å²) in [5.41, 5.74) is -0.276. The predicted octanol–water partition coefficient (Wildman–Crippen LogP) is 2.43. The minimum atomic E-state index is -0.563. The number of hydrogen-bond acceptors (Lipinski definition) is 6. The van der Waals surface area contributed by atoms with Crippen molar-refractivity contribution in [2.24, 2.45) is 5.92 Å². The number of likely N-dealkylation sites (N-methyl/N-ethyl adjacent to an activating group) is 1. The maximum absolute atomic E-state index is 11.1. The number of nitrogens with one attached hydrogen (secondary N) is 1. The van der Waals surface area contributed by atoms with Gasteiger partial charge in [-0.3, -0.25) is 10.1 Å². The minimum Gasteiger partial charge on any atom is -0.360 e. The molecule has 0 saturated carbocycles. The SMILES string of the molecule is CC(C)CC(CN(C)C)Nc1ncnc(Cl)c1[N+](=O)[O-]. The Morgan fingerprint density at radius 3 is 2.60 bits per heavy atom. The summed E-state index contributed by atoms with van der Waals surface area (Å²) < 4.78 is 0. The first-order valence-electron chi connectivity index (χ1n) is 6.37. The predicted molar refractivity (Wildman–Crippen MR) is 79.1 cm³/mol. The highest BCUT2D eigenvalue weighted by atomic mass is 35.5. The van der Waals surface area contributed by atoms with Crippen LogP contribution in [0.3, 0.4) is 0 Å². The zero-order chi connectivity index (χ0) is 15.3. The van der Waals surface area contributed by atoms with Crippen LogP contribution in [0.25, 0.3) is 0 Å². The first kappa shape index (κ1) is 16.6. The van der Waals surface area contributed by atoms with E-state index in [0.717, 1.165) is 13.0 Å². The Balaban J connectivity index is 2.98. The molecule has 1 atom stereocenters. The number of nitro groups is 1. The molecule has 1 rings (SSSR count). The van der Waals surface area contributed by atoms with Crippen LogP contribution >= 0.6 is 11.6 Å². The molecule has 112 valence electrons. The van der Waals surface area contributed by atoms with Crippen LogP contribution in [0.4, 0.5) is 11.5 Å². The monoisotopic (exact) mass is 301 g/mol. The highest BCUT2D eigenvalue weighted by Gasteiger charge is 2.24. The van der Waals surface area contributed by atoms with Crippen LogP contribution in [-0.2, 0) is 0 Å². The summed E-state index contributed by atoms with van der Waals surface area (Å²) in [6.07, 6.45) is 2.09. The van der Waals surface area contributed by atoms with Gasteiger partial charge in [0, 0.05) is 12.6 Å². The van der Waals surface area contributed by atoms with E-state index in [1.807, 2.05) is 19.0 Å². The molecule has 0 spiro atoms. The summed E-state index contributed by atoms with van der Waals surface area (Å²) in [7, 11) is 3.91. The summed E-state index contributed by atoms with van der Waals surface area (Å²) in [4.78, 5) is 20.1. The number of nitrogens with zero attached hydrogens (tertiary/aromatic N) is 4. The molecule has 0 aliphatic heterocycles. The quantitative estimate of drug-likeness (QED) is 0.473. The van der Waals surface area contributed by atoms with E-state index in [1.165, 1.54) is 6.33 Å². The third-order valence-electron chi connectivity index (χ3n) is 2.64. The highest BCUT2D eigenvalue weighted by molar-refractivity contribution is 6.31. The second-order valence-electron chi connectivity index (χ2n) is 5.35. The van der Waals surface area contributed by atoms with Gasteiger partial charge in [-0.1, -0.05) is 25.4 Å². The fourth-order valence-corrected chi connectivity index (χ4v) is 2.21. The molecular weight excluding hydrogens is 282 g/mol. The Hall–Kier alpha value is -1.47. The van der Waals surface area contributed by atoms with Crippen molar-refractivity contribution in [3.05, 3.63) is 21.6 Å². The second kappa shape index (κ2) is 7.35. The molecule has 0 amide bonds. The molecule has 1 aromatic heterocycles. The summed E-state index contributed by atoms with van der Waals surface area (Å²) >= 11 is 5.78. The van der Waals surface area contributed by atoms with Gasteiger partial charge in [0.25, 0.3) is 0 Å². The molecule has 0 bridgehead atoms. The molecule has 0 aromatic carbocycles. The number of hydrogen-bond donors (Lipinski definition) is 1. The molecule has 0 radical (unpaired) electrons. The third kappa shape index (κ3) is 4.90. The zero-order valence-electron chi connectivity index (χ0n) is 12.1. The van der Waals surface area contributed by atoms with Crippen molar-refractivity contribution < 1.29 is 4.92 Å². The van der Waals surface area contributed by atoms with Crippen molar-refractivity contribution in [3.8, 4) is 0 Å². The van der Waals surface area contributed by atoms with E-state index in [-0.39, 0.29) is 22.7 Å². The van der Waals surface area contributed by atoms with Gasteiger partial charge in [0.05, 0.1) is 4.92 Å². The highest BCUT2D eigenvalue weighted by Crippen LogP contribution is 2.29. The van der Waals surface area contributed by atoms with Gasteiger partial charge in [-0.05, 0) is 26.4 Å². The molecule has 1 aromatic rings. The van der Waals surface area contributed by atoms with Crippen LogP contribution in [0.15, 0.2) is 6.33 Å². The molecule has 1 heterocycles. The van der Waals surface area contributed by atoms with Crippen molar-refractivity contribution in [2.75, 3.05) is 26.0 Å². The number of anilines is 1. The smallest absolute Gasteiger partial charge is 0.348 e. The van der Waals surface area contributed by atoms with Crippen molar-refractivity contribution in [2.45, 2.75) is 26.3 Å². The Morgan fingerprint density at radius 2 is 2.10 bits per heavy atom. The van der Waals surface area contributed by atoms with Gasteiger partial charge in [0.2, 0.25) is 11.0 Å². The van der Waals surface area contributed by atoms with Gasteiger partial charge in [0.15, 0.2) is 0 Å². The largest absolute Gasteiger partial charge is 0.360 e. The van der Waals surface area contributed by atoms with E-state index < -0.39 is 4.92 Å². The van der Waals surface area contributed by atoms with Gasteiger partial charge in [0.1, 0.15) is 6.33 Å². The normalized spacial score (nSPS) is 12.8. The summed E-state index contributed by atoms with van der Waals surface area (Å²) in [5.74, 6) is 0.631. The average molecular weight is 302 g/mol. The summed E-state index contributed by atoms with van der Waals surface area (Å²) in [6, 6.07) is 0.0506. The fraction of sp³-hybridized carbons (Fsp3) is 0.667. The molecule has 8 heteroatoms. The van der Waals surface area contributed by atoms with Gasteiger partial charge in [-0.15, -0.1) is 0 Å². The molecule has 1 unspecified atom stereocenters. The van der Waals surface area contributed by atoms with Crippen molar-refractivity contribution in [3.63, 3.8) is 0 Å². The van der Waals surface area contributed by atoms with Crippen LogP contribution in [0.1, 0.15) is 20.3 Å². The van der Waals surface area contributed by atoms with Crippen LogP contribution in [0.2, 0.25) is 5.15 Å². The second-order valence-corrected chi connectivity index (χ2v) is 5.71. The lowest BCUT2D eigenvalue weighted by Gasteiger charge is -2.24. The van der Waals surface area contributed by atoms with E-state index in [2.05, 4.69) is 29.1 Å². The Kier molecular flexibility index (Phi) is 6.09. The standard InChI is InChI=1S/C12H20ClN5O2/c1-8(2)5-9(6-17(3)4)16-12-10(18(19)20)11(13)14-7-15-12/h7-9H,5-6H2,1-4H3,(H,14,15,16). The summed E-state index contributed by atoms with van der Waals surface area (Å²) in [5, 5.41) is 14.0. The van der Waals surface area contributed by atoms with Crippen LogP contribution in [0, 0.1) is 16.0 Å². The van der Waals surface area contributed by atoms with E-state index in [1.54, 1.807) is 0 Å². The average Bonchev–Trinajstić information content (AvgIpc) is 2.26. The van der Waals surface area contributed by atoms with Gasteiger partial charge < -0.3 is 10.2 Å². The maximum Gasteiger partial charge on any atom is 0.348 e. The van der Waals surface area contributed by atoms with Crippen LogP contribution < -0.4 is 5.32 Å². The first-order chi connectivity index (χ1) is 9.31. The van der Waals surface area contributed by atoms with Gasteiger partial charge in [-0.25, -0.2) is 9.97 Å². The number of aromatic nitrogens is 2.